The normalized spacial score (nSPS) is 27.0. The van der Waals surface area contributed by atoms with Gasteiger partial charge in [-0.2, -0.15) is 0 Å². The van der Waals surface area contributed by atoms with Gasteiger partial charge in [0.2, 0.25) is 0 Å². The zero-order valence-corrected chi connectivity index (χ0v) is 35.0. The molecule has 8 aliphatic carbocycles. The zero-order chi connectivity index (χ0) is 39.9. The van der Waals surface area contributed by atoms with Gasteiger partial charge in [0.15, 0.2) is 0 Å². The third kappa shape index (κ3) is 4.25. The van der Waals surface area contributed by atoms with Gasteiger partial charge in [-0.3, -0.25) is 9.97 Å². The van der Waals surface area contributed by atoms with Crippen LogP contribution in [0.4, 0.5) is 0 Å². The van der Waals surface area contributed by atoms with Crippen LogP contribution in [0.1, 0.15) is 110 Å². The first-order valence-corrected chi connectivity index (χ1v) is 23.9. The highest BCUT2D eigenvalue weighted by Crippen LogP contribution is 2.61. The Bertz CT molecular complexity index is 3450. The standard InChI is InChI=1S/C58H48N4/c1-3-10-35(11-4-1)41-15-9-16-42(36-12-5-2-6-13-36)57(41)61-45-17-8-7-14-43(45)51-46(61)28-44-52-47(29-59-55-39-24-31-18-32(25-39)21-37(20-31)49(52)55)62-48-30-60-56-40-26-33-19-34(27-40)23-38(22-33)50(56)53(48)54(51)58(44)62/h1-17,28-34,37-40H,18-27H2. The van der Waals surface area contributed by atoms with Crippen molar-refractivity contribution >= 4 is 59.9 Å². The third-order valence-electron chi connectivity index (χ3n) is 17.7. The predicted octanol–water partition coefficient (Wildman–Crippen LogP) is 14.8. The van der Waals surface area contributed by atoms with Gasteiger partial charge in [0, 0.05) is 66.7 Å². The van der Waals surface area contributed by atoms with Crippen LogP contribution in [0.15, 0.2) is 122 Å². The number of hydrogen-bond donors (Lipinski definition) is 0. The molecule has 5 aromatic carbocycles. The van der Waals surface area contributed by atoms with Crippen LogP contribution in [0.2, 0.25) is 0 Å². The number of rotatable bonds is 3. The molecule has 4 saturated carbocycles. The molecule has 0 spiro atoms. The molecule has 4 atom stereocenters. The van der Waals surface area contributed by atoms with Crippen molar-refractivity contribution in [2.24, 2.45) is 23.7 Å². The van der Waals surface area contributed by atoms with E-state index in [0.717, 1.165) is 23.7 Å². The number of para-hydroxylation sites is 2. The molecule has 62 heavy (non-hydrogen) atoms. The molecule has 10 aromatic rings. The first kappa shape index (κ1) is 33.6. The maximum atomic E-state index is 5.62. The highest BCUT2D eigenvalue weighted by Gasteiger charge is 2.46. The number of benzene rings is 5. The van der Waals surface area contributed by atoms with Gasteiger partial charge in [-0.05, 0) is 134 Å². The Kier molecular flexibility index (Phi) is 6.46. The van der Waals surface area contributed by atoms with E-state index in [9.17, 15) is 0 Å². The molecule has 8 aliphatic rings. The second-order valence-electron chi connectivity index (χ2n) is 20.9. The second kappa shape index (κ2) is 11.9. The summed E-state index contributed by atoms with van der Waals surface area (Å²) in [4.78, 5) is 11.2. The SMILES string of the molecule is c1ccc(-c2cccc(-c3ccccc3)c2-n2c3ccccc3c3c4c5c6c(ncc5n5c7cnc8c(c7c(cc32)c45)C2CC3CC(CC8C3)C2)C2CC3CC(C2)CC6C3)cc1. The van der Waals surface area contributed by atoms with Gasteiger partial charge in [-0.25, -0.2) is 0 Å². The summed E-state index contributed by atoms with van der Waals surface area (Å²) in [5.41, 5.74) is 18.9. The fraction of sp³-hybridized carbons (Fsp3) is 0.310. The number of aromatic nitrogens is 4. The summed E-state index contributed by atoms with van der Waals surface area (Å²) in [6, 6.07) is 41.2. The van der Waals surface area contributed by atoms with Crippen molar-refractivity contribution in [3.8, 4) is 27.9 Å². The van der Waals surface area contributed by atoms with Gasteiger partial charge < -0.3 is 8.97 Å². The number of nitrogens with zero attached hydrogens (tertiary/aromatic N) is 4. The molecule has 0 amide bonds. The van der Waals surface area contributed by atoms with Crippen LogP contribution in [-0.2, 0) is 0 Å². The minimum absolute atomic E-state index is 0.571. The molecule has 0 saturated heterocycles. The average molecular weight is 801 g/mol. The molecule has 0 aliphatic heterocycles. The Morgan fingerprint density at radius 3 is 1.52 bits per heavy atom. The zero-order valence-electron chi connectivity index (χ0n) is 35.0. The van der Waals surface area contributed by atoms with Crippen molar-refractivity contribution in [2.75, 3.05) is 0 Å². The van der Waals surface area contributed by atoms with E-state index in [1.807, 2.05) is 0 Å². The van der Waals surface area contributed by atoms with Gasteiger partial charge in [0.05, 0.1) is 45.7 Å². The van der Waals surface area contributed by atoms with Crippen LogP contribution in [-0.4, -0.2) is 18.9 Å². The Labute approximate surface area is 361 Å². The van der Waals surface area contributed by atoms with E-state index in [2.05, 4.69) is 131 Å². The molecule has 0 N–H and O–H groups in total. The van der Waals surface area contributed by atoms with Gasteiger partial charge in [0.1, 0.15) is 0 Å². The monoisotopic (exact) mass is 800 g/mol. The number of fused-ring (bicyclic) bond motifs is 10. The molecule has 18 rings (SSSR count). The summed E-state index contributed by atoms with van der Waals surface area (Å²) < 4.78 is 5.37. The Balaban J connectivity index is 1.14. The van der Waals surface area contributed by atoms with E-state index < -0.39 is 0 Å². The molecule has 5 aromatic heterocycles. The molecule has 4 fully saturated rings. The van der Waals surface area contributed by atoms with Gasteiger partial charge in [-0.1, -0.05) is 97.1 Å². The maximum absolute atomic E-state index is 5.62. The van der Waals surface area contributed by atoms with Crippen LogP contribution in [0.25, 0.3) is 87.8 Å². The van der Waals surface area contributed by atoms with Crippen LogP contribution >= 0.6 is 0 Å². The molecular weight excluding hydrogens is 753 g/mol. The van der Waals surface area contributed by atoms with Crippen molar-refractivity contribution < 1.29 is 0 Å². The first-order chi connectivity index (χ1) is 30.7. The topological polar surface area (TPSA) is 35.1 Å². The molecule has 4 heteroatoms. The summed E-state index contributed by atoms with van der Waals surface area (Å²) in [5.74, 6) is 5.66. The predicted molar refractivity (Wildman–Crippen MR) is 253 cm³/mol. The molecular formula is C58H48N4. The number of hydrogen-bond acceptors (Lipinski definition) is 2. The van der Waals surface area contributed by atoms with Crippen molar-refractivity contribution in [3.63, 3.8) is 0 Å². The second-order valence-corrected chi connectivity index (χ2v) is 20.9. The van der Waals surface area contributed by atoms with E-state index in [4.69, 9.17) is 9.97 Å². The highest BCUT2D eigenvalue weighted by atomic mass is 15.0. The van der Waals surface area contributed by atoms with E-state index in [0.29, 0.717) is 23.7 Å². The van der Waals surface area contributed by atoms with E-state index in [1.54, 1.807) is 11.1 Å². The Morgan fingerprint density at radius 1 is 0.403 bits per heavy atom. The third-order valence-corrected chi connectivity index (χ3v) is 17.7. The lowest BCUT2D eigenvalue weighted by molar-refractivity contribution is 0.165. The lowest BCUT2D eigenvalue weighted by Gasteiger charge is -2.38. The molecule has 5 heterocycles. The minimum atomic E-state index is 0.571. The molecule has 0 radical (unpaired) electrons. The van der Waals surface area contributed by atoms with Crippen LogP contribution < -0.4 is 0 Å². The molecule has 4 unspecified atom stereocenters. The lowest BCUT2D eigenvalue weighted by Crippen LogP contribution is -2.25. The largest absolute Gasteiger partial charge is 0.308 e. The summed E-state index contributed by atoms with van der Waals surface area (Å²) >= 11 is 0. The maximum Gasteiger partial charge on any atom is 0.0728 e. The fourth-order valence-electron chi connectivity index (χ4n) is 15.9. The summed E-state index contributed by atoms with van der Waals surface area (Å²) in [6.45, 7) is 0. The molecule has 300 valence electrons. The quantitative estimate of drug-likeness (QED) is 0.178. The van der Waals surface area contributed by atoms with Gasteiger partial charge in [0.25, 0.3) is 0 Å². The summed E-state index contributed by atoms with van der Waals surface area (Å²) in [5, 5.41) is 8.61. The van der Waals surface area contributed by atoms with Crippen LogP contribution in [0.5, 0.6) is 0 Å². The van der Waals surface area contributed by atoms with Crippen LogP contribution in [0, 0.1) is 23.7 Å². The van der Waals surface area contributed by atoms with Crippen molar-refractivity contribution in [1.29, 1.82) is 0 Å². The molecule has 4 nitrogen and oxygen atoms in total. The summed E-state index contributed by atoms with van der Waals surface area (Å²) in [7, 11) is 0. The molecule has 8 bridgehead atoms. The fourth-order valence-corrected chi connectivity index (χ4v) is 15.9. The Morgan fingerprint density at radius 2 is 0.919 bits per heavy atom. The van der Waals surface area contributed by atoms with Crippen molar-refractivity contribution in [2.45, 2.75) is 87.9 Å². The van der Waals surface area contributed by atoms with Gasteiger partial charge >= 0.3 is 0 Å². The lowest BCUT2D eigenvalue weighted by atomic mass is 9.67. The highest BCUT2D eigenvalue weighted by molar-refractivity contribution is 6.36. The van der Waals surface area contributed by atoms with E-state index >= 15 is 0 Å². The Hall–Kier alpha value is -6.00. The van der Waals surface area contributed by atoms with Crippen LogP contribution in [0.3, 0.4) is 0 Å². The van der Waals surface area contributed by atoms with Crippen molar-refractivity contribution in [3.05, 3.63) is 144 Å². The van der Waals surface area contributed by atoms with E-state index in [1.165, 1.54) is 163 Å². The van der Waals surface area contributed by atoms with E-state index in [-0.39, 0.29) is 0 Å². The summed E-state index contributed by atoms with van der Waals surface area (Å²) in [6.07, 6.45) is 18.1. The van der Waals surface area contributed by atoms with Gasteiger partial charge in [-0.15, -0.1) is 0 Å². The minimum Gasteiger partial charge on any atom is -0.308 e. The number of pyridine rings is 2. The smallest absolute Gasteiger partial charge is 0.0728 e. The first-order valence-electron chi connectivity index (χ1n) is 23.9. The van der Waals surface area contributed by atoms with Crippen molar-refractivity contribution in [1.82, 2.24) is 18.9 Å². The average Bonchev–Trinajstić information content (AvgIpc) is 3.85.